The van der Waals surface area contributed by atoms with Crippen LogP contribution in [-0.4, -0.2) is 28.5 Å². The van der Waals surface area contributed by atoms with Crippen molar-refractivity contribution in [2.24, 2.45) is 4.99 Å². The summed E-state index contributed by atoms with van der Waals surface area (Å²) in [5.41, 5.74) is 5.43. The van der Waals surface area contributed by atoms with Gasteiger partial charge in [0.15, 0.2) is 5.69 Å². The highest BCUT2D eigenvalue weighted by atomic mass is 16.2. The fourth-order valence-electron chi connectivity index (χ4n) is 3.85. The van der Waals surface area contributed by atoms with Crippen LogP contribution in [0.3, 0.4) is 0 Å². The molecule has 5 nitrogen and oxygen atoms in total. The van der Waals surface area contributed by atoms with Gasteiger partial charge in [-0.3, -0.25) is 14.9 Å². The lowest BCUT2D eigenvalue weighted by Gasteiger charge is -2.32. The topological polar surface area (TPSA) is 70.1 Å². The summed E-state index contributed by atoms with van der Waals surface area (Å²) in [5.74, 6) is 0.444. The first-order chi connectivity index (χ1) is 13.5. The van der Waals surface area contributed by atoms with Gasteiger partial charge < -0.3 is 5.32 Å². The molecule has 142 valence electrons. The number of amidine groups is 1. The van der Waals surface area contributed by atoms with Crippen LogP contribution in [0.4, 0.5) is 0 Å². The molecule has 3 aromatic rings. The number of benzene rings is 2. The fourth-order valence-corrected chi connectivity index (χ4v) is 3.85. The van der Waals surface area contributed by atoms with E-state index >= 15 is 0 Å². The van der Waals surface area contributed by atoms with Crippen molar-refractivity contribution in [3.63, 3.8) is 0 Å². The third-order valence-corrected chi connectivity index (χ3v) is 5.42. The Balaban J connectivity index is 1.78. The van der Waals surface area contributed by atoms with Crippen LogP contribution in [0.15, 0.2) is 59.6 Å². The first kappa shape index (κ1) is 18.2. The van der Waals surface area contributed by atoms with Crippen LogP contribution in [0.2, 0.25) is 0 Å². The minimum Gasteiger partial charge on any atom is -0.308 e. The van der Waals surface area contributed by atoms with E-state index in [4.69, 9.17) is 4.99 Å². The second-order valence-corrected chi connectivity index (χ2v) is 7.51. The lowest BCUT2D eigenvalue weighted by atomic mass is 9.72. The number of carbonyl (C=O) groups excluding carboxylic acids is 1. The summed E-state index contributed by atoms with van der Waals surface area (Å²) in [7, 11) is 0. The van der Waals surface area contributed by atoms with Gasteiger partial charge in [-0.1, -0.05) is 59.7 Å². The molecule has 2 N–H and O–H groups in total. The maximum atomic E-state index is 12.8. The molecule has 0 aliphatic carbocycles. The third kappa shape index (κ3) is 3.13. The van der Waals surface area contributed by atoms with Crippen molar-refractivity contribution in [1.29, 1.82) is 0 Å². The second kappa shape index (κ2) is 7.08. The van der Waals surface area contributed by atoms with Gasteiger partial charge in [0.2, 0.25) is 0 Å². The first-order valence-electron chi connectivity index (χ1n) is 9.51. The number of aromatic nitrogens is 2. The van der Waals surface area contributed by atoms with E-state index in [-0.39, 0.29) is 5.91 Å². The predicted octanol–water partition coefficient (Wildman–Crippen LogP) is 3.85. The van der Waals surface area contributed by atoms with Crippen LogP contribution in [0.25, 0.3) is 0 Å². The van der Waals surface area contributed by atoms with Crippen molar-refractivity contribution in [3.05, 3.63) is 88.2 Å². The standard InChI is InChI=1S/C23H24N4O/c1-15-4-8-18(9-5-15)23(19-10-6-16(2)7-11-19)12-13-24-22(23)25-21(28)20-14-17(3)26-27-20/h4-11,14H,12-13H2,1-3H3,(H,26,27)(H,24,25,28). The average Bonchev–Trinajstić information content (AvgIpc) is 3.30. The molecule has 1 amide bonds. The van der Waals surface area contributed by atoms with E-state index in [9.17, 15) is 4.79 Å². The molecule has 4 rings (SSSR count). The van der Waals surface area contributed by atoms with E-state index < -0.39 is 5.41 Å². The molecule has 5 heteroatoms. The number of hydrogen-bond donors (Lipinski definition) is 2. The highest BCUT2D eigenvalue weighted by molar-refractivity contribution is 6.11. The number of aromatic amines is 1. The summed E-state index contributed by atoms with van der Waals surface area (Å²) in [6.45, 7) is 6.69. The molecule has 0 fully saturated rings. The largest absolute Gasteiger partial charge is 0.308 e. The Bertz CT molecular complexity index is 984. The van der Waals surface area contributed by atoms with Crippen LogP contribution in [0, 0.1) is 20.8 Å². The van der Waals surface area contributed by atoms with E-state index in [1.165, 1.54) is 11.1 Å². The zero-order valence-electron chi connectivity index (χ0n) is 16.4. The normalized spacial score (nSPS) is 15.3. The molecule has 1 aromatic heterocycles. The Morgan fingerprint density at radius 2 is 1.54 bits per heavy atom. The summed E-state index contributed by atoms with van der Waals surface area (Å²) < 4.78 is 0. The number of hydrogen-bond acceptors (Lipinski definition) is 3. The molecular weight excluding hydrogens is 348 g/mol. The lowest BCUT2D eigenvalue weighted by Crippen LogP contribution is -2.45. The SMILES string of the molecule is Cc1ccc(C2(c3ccc(C)cc3)CCN=C2NC(=O)c2cc(C)[nH]n2)cc1. The smallest absolute Gasteiger partial charge is 0.277 e. The maximum absolute atomic E-state index is 12.8. The van der Waals surface area contributed by atoms with E-state index in [1.54, 1.807) is 6.07 Å². The lowest BCUT2D eigenvalue weighted by molar-refractivity contribution is 0.0970. The highest BCUT2D eigenvalue weighted by Crippen LogP contribution is 2.40. The summed E-state index contributed by atoms with van der Waals surface area (Å²) in [5, 5.41) is 9.96. The van der Waals surface area contributed by atoms with Crippen molar-refractivity contribution >= 4 is 11.7 Å². The van der Waals surface area contributed by atoms with E-state index in [0.29, 0.717) is 18.1 Å². The molecular formula is C23H24N4O. The minimum absolute atomic E-state index is 0.242. The van der Waals surface area contributed by atoms with Crippen molar-refractivity contribution in [3.8, 4) is 0 Å². The van der Waals surface area contributed by atoms with Gasteiger partial charge in [-0.25, -0.2) is 0 Å². The number of aryl methyl sites for hydroxylation is 3. The summed E-state index contributed by atoms with van der Waals surface area (Å²) in [6.07, 6.45) is 0.814. The Hall–Kier alpha value is -3.21. The molecule has 0 radical (unpaired) electrons. The van der Waals surface area contributed by atoms with Crippen LogP contribution in [-0.2, 0) is 5.41 Å². The van der Waals surface area contributed by atoms with E-state index in [0.717, 1.165) is 23.2 Å². The number of H-pyrrole nitrogens is 1. The quantitative estimate of drug-likeness (QED) is 0.733. The Labute approximate surface area is 164 Å². The zero-order valence-corrected chi connectivity index (χ0v) is 16.4. The van der Waals surface area contributed by atoms with E-state index in [2.05, 4.69) is 77.9 Å². The van der Waals surface area contributed by atoms with Gasteiger partial charge >= 0.3 is 0 Å². The summed E-state index contributed by atoms with van der Waals surface area (Å²) >= 11 is 0. The predicted molar refractivity (Wildman–Crippen MR) is 111 cm³/mol. The van der Waals surface area contributed by atoms with Crippen LogP contribution >= 0.6 is 0 Å². The number of aliphatic imine (C=N–C) groups is 1. The third-order valence-electron chi connectivity index (χ3n) is 5.42. The van der Waals surface area contributed by atoms with Crippen molar-refractivity contribution in [2.75, 3.05) is 6.54 Å². The second-order valence-electron chi connectivity index (χ2n) is 7.51. The Morgan fingerprint density at radius 3 is 2.04 bits per heavy atom. The van der Waals surface area contributed by atoms with Gasteiger partial charge in [-0.15, -0.1) is 0 Å². The summed E-state index contributed by atoms with van der Waals surface area (Å²) in [6, 6.07) is 18.7. The van der Waals surface area contributed by atoms with Crippen molar-refractivity contribution in [1.82, 2.24) is 15.5 Å². The molecule has 0 spiro atoms. The molecule has 28 heavy (non-hydrogen) atoms. The van der Waals surface area contributed by atoms with Crippen LogP contribution in [0.1, 0.15) is 44.9 Å². The molecule has 0 bridgehead atoms. The van der Waals surface area contributed by atoms with Crippen LogP contribution in [0.5, 0.6) is 0 Å². The monoisotopic (exact) mass is 372 g/mol. The van der Waals surface area contributed by atoms with Gasteiger partial charge in [0.05, 0.1) is 5.41 Å². The van der Waals surface area contributed by atoms with Gasteiger partial charge in [0.1, 0.15) is 5.84 Å². The van der Waals surface area contributed by atoms with Gasteiger partial charge in [-0.2, -0.15) is 5.10 Å². The molecule has 0 atom stereocenters. The molecule has 1 aliphatic rings. The fraction of sp³-hybridized carbons (Fsp3) is 0.261. The molecule has 0 saturated heterocycles. The Kier molecular flexibility index (Phi) is 4.59. The number of carbonyl (C=O) groups is 1. The molecule has 0 saturated carbocycles. The number of rotatable bonds is 3. The number of amides is 1. The van der Waals surface area contributed by atoms with Crippen molar-refractivity contribution < 1.29 is 4.79 Å². The molecule has 2 heterocycles. The number of nitrogens with one attached hydrogen (secondary N) is 2. The van der Waals surface area contributed by atoms with Gasteiger partial charge in [-0.05, 0) is 44.4 Å². The van der Waals surface area contributed by atoms with Gasteiger partial charge in [0, 0.05) is 12.2 Å². The van der Waals surface area contributed by atoms with Gasteiger partial charge in [0.25, 0.3) is 5.91 Å². The molecule has 1 aliphatic heterocycles. The molecule has 0 unspecified atom stereocenters. The number of nitrogens with zero attached hydrogens (tertiary/aromatic N) is 2. The highest BCUT2D eigenvalue weighted by Gasteiger charge is 2.43. The summed E-state index contributed by atoms with van der Waals surface area (Å²) in [4.78, 5) is 17.5. The van der Waals surface area contributed by atoms with Crippen molar-refractivity contribution in [2.45, 2.75) is 32.6 Å². The minimum atomic E-state index is -0.470. The van der Waals surface area contributed by atoms with E-state index in [1.807, 2.05) is 6.92 Å². The first-order valence-corrected chi connectivity index (χ1v) is 9.51. The molecule has 2 aromatic carbocycles. The average molecular weight is 372 g/mol. The zero-order chi connectivity index (χ0) is 19.7. The maximum Gasteiger partial charge on any atom is 0.277 e. The van der Waals surface area contributed by atoms with Crippen LogP contribution < -0.4 is 5.32 Å². The Morgan fingerprint density at radius 1 is 0.964 bits per heavy atom.